The van der Waals surface area contributed by atoms with Crippen molar-refractivity contribution in [2.75, 3.05) is 7.11 Å². The van der Waals surface area contributed by atoms with Crippen LogP contribution in [0.5, 0.6) is 5.75 Å². The molecular weight excluding hydrogens is 419 g/mol. The Bertz CT molecular complexity index is 1110. The first-order valence-corrected chi connectivity index (χ1v) is 11.2. The minimum atomic E-state index is -4.41. The Labute approximate surface area is 188 Å². The summed E-state index contributed by atoms with van der Waals surface area (Å²) in [5, 5.41) is 0. The molecule has 0 bridgehead atoms. The molecule has 0 amide bonds. The topological polar surface area (TPSA) is 63.6 Å². The Morgan fingerprint density at radius 3 is 2.46 bits per heavy atom. The number of hydrogen-bond donors (Lipinski definition) is 1. The summed E-state index contributed by atoms with van der Waals surface area (Å²) in [4.78, 5) is 0.707. The van der Waals surface area contributed by atoms with E-state index in [1.807, 2.05) is 25.1 Å². The van der Waals surface area contributed by atoms with Crippen molar-refractivity contribution in [1.82, 2.24) is 0 Å². The van der Waals surface area contributed by atoms with Gasteiger partial charge in [0.15, 0.2) is 0 Å². The Balaban J connectivity index is 0.00000182. The minimum absolute atomic E-state index is 0. The zero-order valence-corrected chi connectivity index (χ0v) is 19.6. The quantitative estimate of drug-likeness (QED) is 0.296. The number of ether oxygens (including phenoxy) is 1. The molecule has 4 nitrogen and oxygen atoms in total. The van der Waals surface area contributed by atoms with E-state index in [2.05, 4.69) is 6.07 Å². The third-order valence-corrected chi connectivity index (χ3v) is 7.58. The van der Waals surface area contributed by atoms with Crippen LogP contribution in [0.3, 0.4) is 0 Å². The molecule has 0 aliphatic heterocycles. The van der Waals surface area contributed by atoms with Crippen LogP contribution in [0.2, 0.25) is 0 Å². The maximum Gasteiger partial charge on any atom is 1.00 e. The zero-order valence-electron chi connectivity index (χ0n) is 15.3. The van der Waals surface area contributed by atoms with Crippen LogP contribution in [0, 0.1) is 10.7 Å². The predicted octanol–water partition coefficient (Wildman–Crippen LogP) is 2.55. The molecular formula is C17H15NaO4S4. The summed E-state index contributed by atoms with van der Waals surface area (Å²) >= 11 is 5.47. The van der Waals surface area contributed by atoms with E-state index < -0.39 is 10.1 Å². The molecule has 1 aromatic heterocycles. The van der Waals surface area contributed by atoms with Crippen molar-refractivity contribution in [3.63, 3.8) is 0 Å². The number of rotatable bonds is 4. The molecule has 2 aromatic carbocycles. The number of hydrogen-bond acceptors (Lipinski definition) is 6. The molecule has 0 fully saturated rings. The molecule has 0 spiro atoms. The van der Waals surface area contributed by atoms with E-state index in [-0.39, 0.29) is 41.6 Å². The van der Waals surface area contributed by atoms with Crippen molar-refractivity contribution in [1.29, 1.82) is 0 Å². The maximum absolute atomic E-state index is 11.7. The van der Waals surface area contributed by atoms with Gasteiger partial charge in [-0.3, -0.25) is 4.55 Å². The average Bonchev–Trinajstić information content (AvgIpc) is 2.95. The van der Waals surface area contributed by atoms with E-state index >= 15 is 0 Å². The van der Waals surface area contributed by atoms with Crippen molar-refractivity contribution >= 4 is 43.0 Å². The molecule has 0 unspecified atom stereocenters. The second-order valence-electron chi connectivity index (χ2n) is 5.37. The molecule has 3 rings (SSSR count). The first-order valence-electron chi connectivity index (χ1n) is 7.17. The van der Waals surface area contributed by atoms with Crippen LogP contribution in [-0.4, -0.2) is 20.1 Å². The standard InChI is InChI=1S/C17H14O4S4.Na.H/c1-10-4-3-5-12(8-10)16-15(17(22)24-23-16)11-6-7-13(21-2)14(9-11)25(18,19)20;;/h3-9H,1-2H3,(H,18,19,20);;/q;+1;-1. The van der Waals surface area contributed by atoms with Gasteiger partial charge >= 0.3 is 29.6 Å². The second-order valence-corrected chi connectivity index (χ2v) is 9.57. The van der Waals surface area contributed by atoms with Gasteiger partial charge in [-0.1, -0.05) is 68.8 Å². The van der Waals surface area contributed by atoms with Gasteiger partial charge in [0.1, 0.15) is 14.5 Å². The Kier molecular flexibility index (Phi) is 7.20. The molecule has 9 heteroatoms. The first kappa shape index (κ1) is 21.7. The van der Waals surface area contributed by atoms with Gasteiger partial charge < -0.3 is 6.16 Å². The summed E-state index contributed by atoms with van der Waals surface area (Å²) in [5.74, 6) is 0.0909. The Hall–Kier alpha value is -0.580. The molecule has 132 valence electrons. The third-order valence-electron chi connectivity index (χ3n) is 3.64. The number of benzene rings is 2. The third kappa shape index (κ3) is 4.45. The number of methoxy groups -OCH3 is 1. The Morgan fingerprint density at radius 2 is 1.85 bits per heavy atom. The van der Waals surface area contributed by atoms with Gasteiger partial charge in [0, 0.05) is 5.56 Å². The summed E-state index contributed by atoms with van der Waals surface area (Å²) in [5.41, 5.74) is 3.58. The SMILES string of the molecule is COc1ccc(-c2c(-c3cccc(C)c3)ssc2=S)cc1S(=O)(=O)O.[H-].[Na+]. The summed E-state index contributed by atoms with van der Waals surface area (Å²) < 4.78 is 38.6. The van der Waals surface area contributed by atoms with Crippen molar-refractivity contribution in [2.45, 2.75) is 11.8 Å². The summed E-state index contributed by atoms with van der Waals surface area (Å²) in [6.45, 7) is 2.01. The molecule has 3 aromatic rings. The zero-order chi connectivity index (χ0) is 18.2. The molecule has 0 atom stereocenters. The van der Waals surface area contributed by atoms with Crippen LogP contribution in [-0.2, 0) is 10.1 Å². The fraction of sp³-hybridized carbons (Fsp3) is 0.118. The van der Waals surface area contributed by atoms with E-state index in [1.165, 1.54) is 29.6 Å². The normalized spacial score (nSPS) is 11.0. The van der Waals surface area contributed by atoms with Gasteiger partial charge in [0.25, 0.3) is 10.1 Å². The van der Waals surface area contributed by atoms with E-state index in [9.17, 15) is 13.0 Å². The number of aryl methyl sites for hydroxylation is 1. The van der Waals surface area contributed by atoms with Gasteiger partial charge in [-0.25, -0.2) is 0 Å². The van der Waals surface area contributed by atoms with Gasteiger partial charge in [-0.2, -0.15) is 8.42 Å². The van der Waals surface area contributed by atoms with Gasteiger partial charge in [0.2, 0.25) is 0 Å². The van der Waals surface area contributed by atoms with E-state index in [4.69, 9.17) is 17.0 Å². The average molecular weight is 435 g/mol. The van der Waals surface area contributed by atoms with Crippen LogP contribution in [0.4, 0.5) is 0 Å². The van der Waals surface area contributed by atoms with Crippen molar-refractivity contribution in [3.05, 3.63) is 51.9 Å². The van der Waals surface area contributed by atoms with Crippen molar-refractivity contribution < 1.29 is 48.7 Å². The van der Waals surface area contributed by atoms with Gasteiger partial charge in [-0.15, -0.1) is 0 Å². The summed E-state index contributed by atoms with van der Waals surface area (Å²) in [6.07, 6.45) is 0. The molecule has 26 heavy (non-hydrogen) atoms. The van der Waals surface area contributed by atoms with Crippen LogP contribution >= 0.6 is 32.9 Å². The molecule has 0 aliphatic rings. The molecule has 0 aliphatic carbocycles. The summed E-state index contributed by atoms with van der Waals surface area (Å²) in [7, 11) is -0.0407. The van der Waals surface area contributed by atoms with E-state index in [0.29, 0.717) is 9.39 Å². The van der Waals surface area contributed by atoms with E-state index in [0.717, 1.165) is 21.6 Å². The minimum Gasteiger partial charge on any atom is -1.00 e. The predicted molar refractivity (Wildman–Crippen MR) is 106 cm³/mol. The molecule has 1 N–H and O–H groups in total. The van der Waals surface area contributed by atoms with Crippen LogP contribution < -0.4 is 34.3 Å². The fourth-order valence-electron chi connectivity index (χ4n) is 2.52. The van der Waals surface area contributed by atoms with Crippen LogP contribution in [0.15, 0.2) is 47.4 Å². The maximum atomic E-state index is 11.7. The summed E-state index contributed by atoms with van der Waals surface area (Å²) in [6, 6.07) is 12.7. The fourth-order valence-corrected chi connectivity index (χ4v) is 6.11. The molecule has 0 saturated carbocycles. The smallest absolute Gasteiger partial charge is 1.00 e. The van der Waals surface area contributed by atoms with Gasteiger partial charge in [-0.05, 0) is 30.2 Å². The molecule has 1 heterocycles. The van der Waals surface area contributed by atoms with Crippen molar-refractivity contribution in [2.24, 2.45) is 0 Å². The largest absolute Gasteiger partial charge is 1.00 e. The van der Waals surface area contributed by atoms with Gasteiger partial charge in [0.05, 0.1) is 12.0 Å². The first-order chi connectivity index (χ1) is 11.8. The van der Waals surface area contributed by atoms with Crippen LogP contribution in [0.1, 0.15) is 6.99 Å². The molecule has 0 radical (unpaired) electrons. The molecule has 0 saturated heterocycles. The Morgan fingerprint density at radius 1 is 1.12 bits per heavy atom. The van der Waals surface area contributed by atoms with Crippen LogP contribution in [0.25, 0.3) is 21.6 Å². The van der Waals surface area contributed by atoms with E-state index in [1.54, 1.807) is 16.4 Å². The second kappa shape index (κ2) is 8.62. The monoisotopic (exact) mass is 434 g/mol. The van der Waals surface area contributed by atoms with Crippen molar-refractivity contribution in [3.8, 4) is 27.3 Å².